The highest BCUT2D eigenvalue weighted by atomic mass is 35.5. The Hall–Kier alpha value is -3.31. The predicted octanol–water partition coefficient (Wildman–Crippen LogP) is 4.07. The molecule has 0 radical (unpaired) electrons. The number of rotatable bonds is 11. The van der Waals surface area contributed by atoms with Crippen LogP contribution in [0, 0.1) is 12.3 Å². The molecule has 0 saturated carbocycles. The molecule has 0 saturated heterocycles. The van der Waals surface area contributed by atoms with E-state index >= 15 is 0 Å². The van der Waals surface area contributed by atoms with Crippen molar-refractivity contribution < 1.29 is 17.9 Å². The lowest BCUT2D eigenvalue weighted by Crippen LogP contribution is -2.33. The minimum Gasteiger partial charge on any atom is -0.496 e. The molecule has 0 spiro atoms. The van der Waals surface area contributed by atoms with E-state index < -0.39 is 10.0 Å². The molecule has 0 unspecified atom stereocenters. The summed E-state index contributed by atoms with van der Waals surface area (Å²) in [6.07, 6.45) is 5.94. The van der Waals surface area contributed by atoms with Gasteiger partial charge in [-0.3, -0.25) is 4.79 Å². The lowest BCUT2D eigenvalue weighted by atomic mass is 10.1. The fourth-order valence-electron chi connectivity index (χ4n) is 3.57. The SMILES string of the molecule is C#CCNS(=O)(=O)c1ccc(CCN(Cc2cc(Cl)ccc2OC)C(=O)Cc2ccccc2)cc1. The van der Waals surface area contributed by atoms with Crippen LogP contribution >= 0.6 is 11.6 Å². The van der Waals surface area contributed by atoms with E-state index in [1.807, 2.05) is 30.3 Å². The number of nitrogens with zero attached hydrogens (tertiary/aromatic N) is 1. The number of hydrogen-bond acceptors (Lipinski definition) is 4. The van der Waals surface area contributed by atoms with Crippen molar-refractivity contribution in [3.05, 3.63) is 94.5 Å². The van der Waals surface area contributed by atoms with Crippen molar-refractivity contribution in [1.82, 2.24) is 9.62 Å². The van der Waals surface area contributed by atoms with Gasteiger partial charge in [-0.05, 0) is 47.9 Å². The highest BCUT2D eigenvalue weighted by molar-refractivity contribution is 7.89. The Kier molecular flexibility index (Phi) is 9.32. The van der Waals surface area contributed by atoms with Crippen molar-refractivity contribution in [3.63, 3.8) is 0 Å². The molecule has 6 nitrogen and oxygen atoms in total. The molecule has 8 heteroatoms. The normalized spacial score (nSPS) is 11.0. The molecule has 0 aliphatic carbocycles. The van der Waals surface area contributed by atoms with Crippen molar-refractivity contribution >= 4 is 27.5 Å². The number of ether oxygens (including phenoxy) is 1. The van der Waals surface area contributed by atoms with Crippen molar-refractivity contribution in [2.75, 3.05) is 20.2 Å². The van der Waals surface area contributed by atoms with Gasteiger partial charge in [0.05, 0.1) is 25.0 Å². The van der Waals surface area contributed by atoms with Gasteiger partial charge in [0.25, 0.3) is 0 Å². The van der Waals surface area contributed by atoms with E-state index in [0.717, 1.165) is 16.7 Å². The van der Waals surface area contributed by atoms with Gasteiger partial charge in [-0.2, -0.15) is 4.72 Å². The van der Waals surface area contributed by atoms with Crippen LogP contribution in [0.4, 0.5) is 0 Å². The van der Waals surface area contributed by atoms with Crippen molar-refractivity contribution in [3.8, 4) is 18.1 Å². The molecule has 0 heterocycles. The molecule has 182 valence electrons. The van der Waals surface area contributed by atoms with E-state index in [9.17, 15) is 13.2 Å². The Bertz CT molecular complexity index is 1290. The van der Waals surface area contributed by atoms with Crippen LogP contribution in [0.15, 0.2) is 77.7 Å². The van der Waals surface area contributed by atoms with Gasteiger partial charge >= 0.3 is 0 Å². The van der Waals surface area contributed by atoms with Crippen LogP contribution in [0.25, 0.3) is 0 Å². The number of carbonyl (C=O) groups is 1. The van der Waals surface area contributed by atoms with Crippen LogP contribution in [0.3, 0.4) is 0 Å². The number of benzene rings is 3. The zero-order valence-electron chi connectivity index (χ0n) is 19.4. The van der Waals surface area contributed by atoms with E-state index in [0.29, 0.717) is 30.3 Å². The molecule has 3 rings (SSSR count). The quantitative estimate of drug-likeness (QED) is 0.394. The summed E-state index contributed by atoms with van der Waals surface area (Å²) >= 11 is 6.20. The number of halogens is 1. The van der Waals surface area contributed by atoms with Crippen LogP contribution in [-0.4, -0.2) is 39.4 Å². The number of nitrogens with one attached hydrogen (secondary N) is 1. The van der Waals surface area contributed by atoms with Gasteiger partial charge in [-0.25, -0.2) is 8.42 Å². The third-order valence-corrected chi connectivity index (χ3v) is 7.08. The third kappa shape index (κ3) is 7.59. The van der Waals surface area contributed by atoms with E-state index in [1.54, 1.807) is 42.3 Å². The summed E-state index contributed by atoms with van der Waals surface area (Å²) in [6.45, 7) is 0.691. The topological polar surface area (TPSA) is 75.7 Å². The summed E-state index contributed by atoms with van der Waals surface area (Å²) < 4.78 is 32.3. The number of methoxy groups -OCH3 is 1. The molecule has 0 aliphatic rings. The van der Waals surface area contributed by atoms with Crippen LogP contribution in [0.1, 0.15) is 16.7 Å². The number of terminal acetylenes is 1. The summed E-state index contributed by atoms with van der Waals surface area (Å²) in [5.41, 5.74) is 2.63. The van der Waals surface area contributed by atoms with Crippen LogP contribution < -0.4 is 9.46 Å². The van der Waals surface area contributed by atoms with E-state index in [-0.39, 0.29) is 23.8 Å². The van der Waals surface area contributed by atoms with Crippen molar-refractivity contribution in [2.45, 2.75) is 24.3 Å². The van der Waals surface area contributed by atoms with E-state index in [4.69, 9.17) is 22.8 Å². The molecule has 0 aliphatic heterocycles. The Morgan fingerprint density at radius 3 is 2.43 bits per heavy atom. The van der Waals surface area contributed by atoms with Gasteiger partial charge in [0, 0.05) is 23.7 Å². The second kappa shape index (κ2) is 12.4. The largest absolute Gasteiger partial charge is 0.496 e. The fourth-order valence-corrected chi connectivity index (χ4v) is 4.70. The third-order valence-electron chi connectivity index (χ3n) is 5.42. The zero-order valence-corrected chi connectivity index (χ0v) is 21.0. The summed E-state index contributed by atoms with van der Waals surface area (Å²) in [5, 5.41) is 0.562. The van der Waals surface area contributed by atoms with E-state index in [1.165, 1.54) is 12.1 Å². The lowest BCUT2D eigenvalue weighted by Gasteiger charge is -2.24. The smallest absolute Gasteiger partial charge is 0.241 e. The Balaban J connectivity index is 1.77. The van der Waals surface area contributed by atoms with Gasteiger partial charge in [-0.15, -0.1) is 6.42 Å². The number of hydrogen-bond donors (Lipinski definition) is 1. The maximum Gasteiger partial charge on any atom is 0.241 e. The van der Waals surface area contributed by atoms with Gasteiger partial charge < -0.3 is 9.64 Å². The lowest BCUT2D eigenvalue weighted by molar-refractivity contribution is -0.131. The molecule has 3 aromatic rings. The highest BCUT2D eigenvalue weighted by Crippen LogP contribution is 2.24. The Morgan fingerprint density at radius 1 is 1.06 bits per heavy atom. The first-order valence-corrected chi connectivity index (χ1v) is 12.8. The molecule has 0 fully saturated rings. The van der Waals surface area contributed by atoms with Crippen LogP contribution in [0.5, 0.6) is 5.75 Å². The first-order chi connectivity index (χ1) is 16.8. The van der Waals surface area contributed by atoms with Crippen molar-refractivity contribution in [1.29, 1.82) is 0 Å². The molecule has 0 bridgehead atoms. The summed E-state index contributed by atoms with van der Waals surface area (Å²) in [5.74, 6) is 2.87. The number of amides is 1. The maximum atomic E-state index is 13.3. The average molecular weight is 511 g/mol. The molecular formula is C27H27ClN2O4S. The average Bonchev–Trinajstić information content (AvgIpc) is 2.86. The molecule has 1 N–H and O–H groups in total. The molecule has 35 heavy (non-hydrogen) atoms. The van der Waals surface area contributed by atoms with Crippen LogP contribution in [-0.2, 0) is 34.2 Å². The van der Waals surface area contributed by atoms with Crippen LogP contribution in [0.2, 0.25) is 5.02 Å². The van der Waals surface area contributed by atoms with Gasteiger partial charge in [-0.1, -0.05) is 60.0 Å². The zero-order chi connectivity index (χ0) is 25.3. The monoisotopic (exact) mass is 510 g/mol. The molecule has 0 atom stereocenters. The van der Waals surface area contributed by atoms with Gasteiger partial charge in [0.1, 0.15) is 5.75 Å². The number of carbonyl (C=O) groups excluding carboxylic acids is 1. The predicted molar refractivity (Wildman–Crippen MR) is 138 cm³/mol. The Labute approximate surface area is 211 Å². The first kappa shape index (κ1) is 26.3. The summed E-state index contributed by atoms with van der Waals surface area (Å²) in [7, 11) is -2.07. The molecular weight excluding hydrogens is 484 g/mol. The van der Waals surface area contributed by atoms with Crippen molar-refractivity contribution in [2.24, 2.45) is 0 Å². The van der Waals surface area contributed by atoms with Gasteiger partial charge in [0.15, 0.2) is 0 Å². The standard InChI is InChI=1S/C27H27ClN2O4S/c1-3-16-29-35(32,33)25-12-9-21(10-13-25)15-17-30(27(31)18-22-7-5-4-6-8-22)20-23-19-24(28)11-14-26(23)34-2/h1,4-14,19,29H,15-18,20H2,2H3. The first-order valence-electron chi connectivity index (χ1n) is 11.0. The maximum absolute atomic E-state index is 13.3. The van der Waals surface area contributed by atoms with Gasteiger partial charge in [0.2, 0.25) is 15.9 Å². The molecule has 0 aromatic heterocycles. The summed E-state index contributed by atoms with van der Waals surface area (Å²) in [6, 6.07) is 21.4. The Morgan fingerprint density at radius 2 is 1.77 bits per heavy atom. The molecule has 1 amide bonds. The van der Waals surface area contributed by atoms with E-state index in [2.05, 4.69) is 10.6 Å². The second-order valence-electron chi connectivity index (χ2n) is 7.86. The number of sulfonamides is 1. The summed E-state index contributed by atoms with van der Waals surface area (Å²) in [4.78, 5) is 15.2. The second-order valence-corrected chi connectivity index (χ2v) is 10.1. The fraction of sp³-hybridized carbons (Fsp3) is 0.222. The highest BCUT2D eigenvalue weighted by Gasteiger charge is 2.18. The minimum absolute atomic E-state index is 0.0316. The minimum atomic E-state index is -3.65. The molecule has 3 aromatic carbocycles.